The maximum atomic E-state index is 6.00. The van der Waals surface area contributed by atoms with E-state index in [2.05, 4.69) is 5.43 Å². The van der Waals surface area contributed by atoms with Gasteiger partial charge in [-0.25, -0.2) is 5.43 Å². The average Bonchev–Trinajstić information content (AvgIpc) is 2.86. The van der Waals surface area contributed by atoms with Crippen LogP contribution < -0.4 is 16.0 Å². The number of nitrogens with one attached hydrogen (secondary N) is 1. The Morgan fingerprint density at radius 2 is 2.24 bits per heavy atom. The summed E-state index contributed by atoms with van der Waals surface area (Å²) in [6, 6.07) is 9.64. The molecule has 1 atom stereocenters. The highest BCUT2D eigenvalue weighted by molar-refractivity contribution is 7.10. The van der Waals surface area contributed by atoms with Gasteiger partial charge in [-0.2, -0.15) is 0 Å². The highest BCUT2D eigenvalue weighted by atomic mass is 35.5. The highest BCUT2D eigenvalue weighted by Crippen LogP contribution is 2.31. The SMILES string of the molecule is COc1cc(C(NN)c2cccs2)ccc1Cl. The van der Waals surface area contributed by atoms with E-state index in [1.54, 1.807) is 18.4 Å². The van der Waals surface area contributed by atoms with Crippen LogP contribution in [-0.4, -0.2) is 7.11 Å². The van der Waals surface area contributed by atoms with Gasteiger partial charge in [0.15, 0.2) is 0 Å². The van der Waals surface area contributed by atoms with Crippen molar-refractivity contribution >= 4 is 22.9 Å². The Bertz CT molecular complexity index is 487. The fourth-order valence-electron chi connectivity index (χ4n) is 1.65. The molecule has 0 saturated heterocycles. The van der Waals surface area contributed by atoms with Gasteiger partial charge in [0.25, 0.3) is 0 Å². The third-order valence-electron chi connectivity index (χ3n) is 2.50. The first-order valence-electron chi connectivity index (χ1n) is 5.09. The third-order valence-corrected chi connectivity index (χ3v) is 3.75. The van der Waals surface area contributed by atoms with Gasteiger partial charge in [0.2, 0.25) is 0 Å². The molecule has 5 heteroatoms. The number of ether oxygens (including phenoxy) is 1. The van der Waals surface area contributed by atoms with Gasteiger partial charge in [-0.05, 0) is 29.1 Å². The van der Waals surface area contributed by atoms with Crippen LogP contribution in [0.2, 0.25) is 5.02 Å². The van der Waals surface area contributed by atoms with E-state index in [0.717, 1.165) is 10.4 Å². The molecule has 90 valence electrons. The number of hydrogen-bond acceptors (Lipinski definition) is 4. The number of hydrazine groups is 1. The Morgan fingerprint density at radius 3 is 2.82 bits per heavy atom. The first-order valence-corrected chi connectivity index (χ1v) is 6.35. The molecular weight excluding hydrogens is 256 g/mol. The van der Waals surface area contributed by atoms with E-state index in [-0.39, 0.29) is 6.04 Å². The summed E-state index contributed by atoms with van der Waals surface area (Å²) in [6.07, 6.45) is 0. The maximum Gasteiger partial charge on any atom is 0.137 e. The molecule has 1 aromatic carbocycles. The quantitative estimate of drug-likeness (QED) is 0.662. The minimum atomic E-state index is -0.0406. The second-order valence-corrected chi connectivity index (χ2v) is 4.90. The lowest BCUT2D eigenvalue weighted by Gasteiger charge is -2.16. The summed E-state index contributed by atoms with van der Waals surface area (Å²) in [7, 11) is 1.60. The standard InChI is InChI=1S/C12H13ClN2OS/c1-16-10-7-8(4-5-9(10)13)12(15-14)11-3-2-6-17-11/h2-7,12,15H,14H2,1H3. The topological polar surface area (TPSA) is 47.3 Å². The average molecular weight is 269 g/mol. The molecule has 1 unspecified atom stereocenters. The smallest absolute Gasteiger partial charge is 0.137 e. The van der Waals surface area contributed by atoms with Crippen molar-refractivity contribution in [2.45, 2.75) is 6.04 Å². The number of nitrogens with two attached hydrogens (primary N) is 1. The van der Waals surface area contributed by atoms with Crippen LogP contribution in [0.15, 0.2) is 35.7 Å². The summed E-state index contributed by atoms with van der Waals surface area (Å²) in [5.41, 5.74) is 3.83. The minimum absolute atomic E-state index is 0.0406. The van der Waals surface area contributed by atoms with Crippen LogP contribution in [-0.2, 0) is 0 Å². The van der Waals surface area contributed by atoms with Gasteiger partial charge in [-0.3, -0.25) is 5.84 Å². The van der Waals surface area contributed by atoms with Crippen molar-refractivity contribution in [3.63, 3.8) is 0 Å². The molecule has 17 heavy (non-hydrogen) atoms. The summed E-state index contributed by atoms with van der Waals surface area (Å²) in [6.45, 7) is 0. The molecular formula is C12H13ClN2OS. The van der Waals surface area contributed by atoms with Crippen LogP contribution in [0, 0.1) is 0 Å². The first-order chi connectivity index (χ1) is 8.26. The Balaban J connectivity index is 2.38. The monoisotopic (exact) mass is 268 g/mol. The maximum absolute atomic E-state index is 6.00. The van der Waals surface area contributed by atoms with E-state index >= 15 is 0 Å². The number of hydrogen-bond donors (Lipinski definition) is 2. The Morgan fingerprint density at radius 1 is 1.41 bits per heavy atom. The molecule has 2 rings (SSSR count). The fraction of sp³-hybridized carbons (Fsp3) is 0.167. The molecule has 0 spiro atoms. The lowest BCUT2D eigenvalue weighted by atomic mass is 10.1. The van der Waals surface area contributed by atoms with Crippen molar-refractivity contribution in [1.82, 2.24) is 5.43 Å². The zero-order valence-corrected chi connectivity index (χ0v) is 10.9. The second kappa shape index (κ2) is 5.51. The summed E-state index contributed by atoms with van der Waals surface area (Å²) >= 11 is 7.65. The zero-order chi connectivity index (χ0) is 12.3. The van der Waals surface area contributed by atoms with Crippen molar-refractivity contribution in [3.8, 4) is 5.75 Å². The number of benzene rings is 1. The van der Waals surface area contributed by atoms with Crippen molar-refractivity contribution in [2.75, 3.05) is 7.11 Å². The molecule has 3 N–H and O–H groups in total. The molecule has 0 saturated carbocycles. The summed E-state index contributed by atoms with van der Waals surface area (Å²) in [5, 5.41) is 2.62. The van der Waals surface area contributed by atoms with Crippen LogP contribution in [0.25, 0.3) is 0 Å². The summed E-state index contributed by atoms with van der Waals surface area (Å²) in [4.78, 5) is 1.15. The number of thiophene rings is 1. The molecule has 0 radical (unpaired) electrons. The molecule has 0 aliphatic heterocycles. The van der Waals surface area contributed by atoms with Crippen LogP contribution in [0.4, 0.5) is 0 Å². The lowest BCUT2D eigenvalue weighted by Crippen LogP contribution is -2.28. The third kappa shape index (κ3) is 2.61. The zero-order valence-electron chi connectivity index (χ0n) is 9.31. The number of halogens is 1. The predicted octanol–water partition coefficient (Wildman–Crippen LogP) is 2.96. The van der Waals surface area contributed by atoms with Crippen LogP contribution in [0.3, 0.4) is 0 Å². The predicted molar refractivity (Wildman–Crippen MR) is 71.5 cm³/mol. The molecule has 3 nitrogen and oxygen atoms in total. The van der Waals surface area contributed by atoms with Crippen LogP contribution in [0.1, 0.15) is 16.5 Å². The van der Waals surface area contributed by atoms with Gasteiger partial charge in [-0.1, -0.05) is 23.7 Å². The first kappa shape index (κ1) is 12.4. The Hall–Kier alpha value is -1.07. The molecule has 0 amide bonds. The van der Waals surface area contributed by atoms with E-state index in [1.807, 2.05) is 35.7 Å². The van der Waals surface area contributed by atoms with Crippen molar-refractivity contribution in [2.24, 2.45) is 5.84 Å². The molecule has 0 aliphatic rings. The largest absolute Gasteiger partial charge is 0.495 e. The lowest BCUT2D eigenvalue weighted by molar-refractivity contribution is 0.414. The summed E-state index contributed by atoms with van der Waals surface area (Å²) in [5.74, 6) is 6.26. The molecule has 2 aromatic rings. The van der Waals surface area contributed by atoms with E-state index in [1.165, 1.54) is 0 Å². The van der Waals surface area contributed by atoms with E-state index in [9.17, 15) is 0 Å². The normalized spacial score (nSPS) is 12.4. The molecule has 1 heterocycles. The summed E-state index contributed by atoms with van der Waals surface area (Å²) < 4.78 is 5.20. The van der Waals surface area contributed by atoms with Gasteiger partial charge >= 0.3 is 0 Å². The minimum Gasteiger partial charge on any atom is -0.495 e. The highest BCUT2D eigenvalue weighted by Gasteiger charge is 2.15. The van der Waals surface area contributed by atoms with Crippen molar-refractivity contribution in [1.29, 1.82) is 0 Å². The van der Waals surface area contributed by atoms with E-state index < -0.39 is 0 Å². The van der Waals surface area contributed by atoms with Gasteiger partial charge in [0, 0.05) is 4.88 Å². The fourth-order valence-corrected chi connectivity index (χ4v) is 2.66. The molecule has 0 aliphatic carbocycles. The van der Waals surface area contributed by atoms with Gasteiger partial charge in [-0.15, -0.1) is 11.3 Å². The number of rotatable bonds is 4. The number of methoxy groups -OCH3 is 1. The Kier molecular flexibility index (Phi) is 4.02. The molecule has 0 fully saturated rings. The second-order valence-electron chi connectivity index (χ2n) is 3.51. The Labute approximate surface area is 109 Å². The van der Waals surface area contributed by atoms with Crippen LogP contribution in [0.5, 0.6) is 5.75 Å². The van der Waals surface area contributed by atoms with Gasteiger partial charge < -0.3 is 4.74 Å². The van der Waals surface area contributed by atoms with E-state index in [0.29, 0.717) is 10.8 Å². The van der Waals surface area contributed by atoms with E-state index in [4.69, 9.17) is 22.2 Å². The van der Waals surface area contributed by atoms with Gasteiger partial charge in [0.1, 0.15) is 5.75 Å². The van der Waals surface area contributed by atoms with Gasteiger partial charge in [0.05, 0.1) is 18.2 Å². The molecule has 1 aromatic heterocycles. The molecule has 0 bridgehead atoms. The van der Waals surface area contributed by atoms with Crippen LogP contribution >= 0.6 is 22.9 Å². The van der Waals surface area contributed by atoms with Crippen molar-refractivity contribution < 1.29 is 4.74 Å². The van der Waals surface area contributed by atoms with Crippen molar-refractivity contribution in [3.05, 3.63) is 51.2 Å².